The quantitative estimate of drug-likeness (QED) is 0.772. The summed E-state index contributed by atoms with van der Waals surface area (Å²) in [6.07, 6.45) is 1.44. The molecule has 114 valence electrons. The van der Waals surface area contributed by atoms with Gasteiger partial charge in [-0.05, 0) is 31.9 Å². The summed E-state index contributed by atoms with van der Waals surface area (Å²) in [5, 5.41) is 0. The van der Waals surface area contributed by atoms with Crippen LogP contribution in [0.15, 0.2) is 24.3 Å². The second-order valence-electron chi connectivity index (χ2n) is 4.38. The van der Waals surface area contributed by atoms with E-state index in [0.717, 1.165) is 12.0 Å². The summed E-state index contributed by atoms with van der Waals surface area (Å²) in [5.41, 5.74) is 0.974. The lowest BCUT2D eigenvalue weighted by atomic mass is 10.1. The summed E-state index contributed by atoms with van der Waals surface area (Å²) in [6.45, 7) is 4.84. The first-order chi connectivity index (χ1) is 9.30. The molecular formula is C13H21NO4S2. The Morgan fingerprint density at radius 1 is 0.900 bits per heavy atom. The third kappa shape index (κ3) is 3.52. The van der Waals surface area contributed by atoms with Gasteiger partial charge in [-0.3, -0.25) is 0 Å². The van der Waals surface area contributed by atoms with E-state index in [-0.39, 0.29) is 17.2 Å². The molecule has 0 amide bonds. The molecule has 0 aromatic heterocycles. The number of para-hydroxylation sites is 1. The highest BCUT2D eigenvalue weighted by atomic mass is 32.3. The van der Waals surface area contributed by atoms with E-state index in [1.54, 1.807) is 24.3 Å². The number of sulfonamides is 2. The second-order valence-corrected chi connectivity index (χ2v) is 8.82. The fourth-order valence-electron chi connectivity index (χ4n) is 1.88. The summed E-state index contributed by atoms with van der Waals surface area (Å²) in [6, 6.07) is 6.75. The lowest BCUT2D eigenvalue weighted by Crippen LogP contribution is -2.39. The van der Waals surface area contributed by atoms with Crippen LogP contribution in [0.3, 0.4) is 0 Å². The Morgan fingerprint density at radius 2 is 1.40 bits per heavy atom. The van der Waals surface area contributed by atoms with Gasteiger partial charge in [-0.25, -0.2) is 16.8 Å². The predicted octanol–water partition coefficient (Wildman–Crippen LogP) is 2.14. The summed E-state index contributed by atoms with van der Waals surface area (Å²) >= 11 is 0. The molecule has 20 heavy (non-hydrogen) atoms. The monoisotopic (exact) mass is 319 g/mol. The highest BCUT2D eigenvalue weighted by Crippen LogP contribution is 2.27. The van der Waals surface area contributed by atoms with Gasteiger partial charge < -0.3 is 0 Å². The van der Waals surface area contributed by atoms with Crippen LogP contribution in [0.5, 0.6) is 0 Å². The molecule has 0 spiro atoms. The smallest absolute Gasteiger partial charge is 0.205 e. The average Bonchev–Trinajstić information content (AvgIpc) is 2.41. The van der Waals surface area contributed by atoms with Crippen molar-refractivity contribution in [3.63, 3.8) is 0 Å². The molecule has 0 heterocycles. The molecule has 0 radical (unpaired) electrons. The Morgan fingerprint density at radius 3 is 1.85 bits per heavy atom. The fourth-order valence-corrected chi connectivity index (χ4v) is 5.32. The van der Waals surface area contributed by atoms with Gasteiger partial charge in [0.1, 0.15) is 0 Å². The summed E-state index contributed by atoms with van der Waals surface area (Å²) in [4.78, 5) is 0. The van der Waals surface area contributed by atoms with Crippen LogP contribution in [0.25, 0.3) is 0 Å². The molecule has 1 rings (SSSR count). The SMILES string of the molecule is CCCc1ccccc1N(S(=O)(=O)CC)S(=O)(=O)CC. The number of hydrogen-bond donors (Lipinski definition) is 0. The van der Waals surface area contributed by atoms with Gasteiger partial charge in [-0.1, -0.05) is 31.5 Å². The first kappa shape index (κ1) is 17.0. The van der Waals surface area contributed by atoms with E-state index in [0.29, 0.717) is 10.1 Å². The number of rotatable bonds is 7. The molecule has 0 aliphatic heterocycles. The predicted molar refractivity (Wildman–Crippen MR) is 81.8 cm³/mol. The van der Waals surface area contributed by atoms with Crippen LogP contribution in [0.2, 0.25) is 0 Å². The van der Waals surface area contributed by atoms with E-state index in [2.05, 4.69) is 0 Å². The Bertz CT molecular complexity index is 617. The largest absolute Gasteiger partial charge is 0.247 e. The van der Waals surface area contributed by atoms with Crippen LogP contribution in [0.4, 0.5) is 5.69 Å². The molecule has 0 aliphatic carbocycles. The van der Waals surface area contributed by atoms with Crippen molar-refractivity contribution in [1.29, 1.82) is 0 Å². The summed E-state index contributed by atoms with van der Waals surface area (Å²) in [7, 11) is -7.76. The van der Waals surface area contributed by atoms with E-state index >= 15 is 0 Å². The van der Waals surface area contributed by atoms with Gasteiger partial charge in [0.05, 0.1) is 17.2 Å². The van der Waals surface area contributed by atoms with Crippen molar-refractivity contribution in [2.45, 2.75) is 33.6 Å². The molecule has 0 saturated heterocycles. The van der Waals surface area contributed by atoms with E-state index in [9.17, 15) is 16.8 Å². The van der Waals surface area contributed by atoms with Crippen molar-refractivity contribution in [2.24, 2.45) is 0 Å². The minimum Gasteiger partial charge on any atom is -0.205 e. The van der Waals surface area contributed by atoms with E-state index < -0.39 is 20.0 Å². The maximum Gasteiger partial charge on any atom is 0.247 e. The van der Waals surface area contributed by atoms with Crippen LogP contribution in [0.1, 0.15) is 32.8 Å². The Labute approximate surface area is 121 Å². The standard InChI is InChI=1S/C13H21NO4S2/c1-4-9-12-10-7-8-11-13(12)14(19(15,16)5-2)20(17,18)6-3/h7-8,10-11H,4-6,9H2,1-3H3. The first-order valence-electron chi connectivity index (χ1n) is 6.63. The van der Waals surface area contributed by atoms with Crippen molar-refractivity contribution < 1.29 is 16.8 Å². The number of anilines is 1. The Hall–Kier alpha value is -1.08. The zero-order chi connectivity index (χ0) is 15.4. The fraction of sp³-hybridized carbons (Fsp3) is 0.538. The highest BCUT2D eigenvalue weighted by Gasteiger charge is 2.32. The van der Waals surface area contributed by atoms with Crippen LogP contribution >= 0.6 is 0 Å². The average molecular weight is 319 g/mol. The van der Waals surface area contributed by atoms with Gasteiger partial charge in [-0.2, -0.15) is 3.71 Å². The minimum absolute atomic E-state index is 0.248. The van der Waals surface area contributed by atoms with E-state index in [1.807, 2.05) is 6.92 Å². The van der Waals surface area contributed by atoms with Crippen molar-refractivity contribution in [1.82, 2.24) is 0 Å². The number of nitrogens with zero attached hydrogens (tertiary/aromatic N) is 1. The van der Waals surface area contributed by atoms with Gasteiger partial charge in [0, 0.05) is 0 Å². The van der Waals surface area contributed by atoms with E-state index in [4.69, 9.17) is 0 Å². The first-order valence-corrected chi connectivity index (χ1v) is 9.85. The molecule has 0 N–H and O–H groups in total. The second kappa shape index (κ2) is 6.58. The van der Waals surface area contributed by atoms with Crippen molar-refractivity contribution in [3.05, 3.63) is 29.8 Å². The molecule has 0 fully saturated rings. The summed E-state index contributed by atoms with van der Waals surface area (Å²) in [5.74, 6) is -0.515. The van der Waals surface area contributed by atoms with Crippen LogP contribution in [0, 0.1) is 0 Å². The van der Waals surface area contributed by atoms with Gasteiger partial charge in [0.15, 0.2) is 0 Å². The molecule has 0 unspecified atom stereocenters. The Kier molecular flexibility index (Phi) is 5.59. The van der Waals surface area contributed by atoms with Crippen LogP contribution in [-0.2, 0) is 26.5 Å². The van der Waals surface area contributed by atoms with Crippen molar-refractivity contribution >= 4 is 25.7 Å². The third-order valence-corrected chi connectivity index (χ3v) is 7.17. The molecule has 0 saturated carbocycles. The molecule has 1 aromatic rings. The molecule has 0 aliphatic rings. The normalized spacial score (nSPS) is 12.3. The highest BCUT2D eigenvalue weighted by molar-refractivity contribution is 8.10. The van der Waals surface area contributed by atoms with Crippen LogP contribution < -0.4 is 3.71 Å². The number of aryl methyl sites for hydroxylation is 1. The number of hydrogen-bond acceptors (Lipinski definition) is 4. The Balaban J connectivity index is 3.56. The molecule has 5 nitrogen and oxygen atoms in total. The molecule has 0 bridgehead atoms. The van der Waals surface area contributed by atoms with E-state index in [1.165, 1.54) is 13.8 Å². The molecule has 1 aromatic carbocycles. The van der Waals surface area contributed by atoms with Crippen molar-refractivity contribution in [2.75, 3.05) is 15.2 Å². The number of benzene rings is 1. The zero-order valence-electron chi connectivity index (χ0n) is 12.0. The van der Waals surface area contributed by atoms with Gasteiger partial charge in [-0.15, -0.1) is 0 Å². The third-order valence-electron chi connectivity index (χ3n) is 2.94. The zero-order valence-corrected chi connectivity index (χ0v) is 13.7. The van der Waals surface area contributed by atoms with Gasteiger partial charge in [0.2, 0.25) is 20.0 Å². The lowest BCUT2D eigenvalue weighted by molar-refractivity contribution is 0.585. The molecular weight excluding hydrogens is 298 g/mol. The lowest BCUT2D eigenvalue weighted by Gasteiger charge is -2.25. The maximum absolute atomic E-state index is 12.2. The van der Waals surface area contributed by atoms with Crippen molar-refractivity contribution in [3.8, 4) is 0 Å². The molecule has 0 atom stereocenters. The van der Waals surface area contributed by atoms with Crippen LogP contribution in [-0.4, -0.2) is 28.3 Å². The topological polar surface area (TPSA) is 71.5 Å². The minimum atomic E-state index is -3.88. The van der Waals surface area contributed by atoms with Gasteiger partial charge in [0.25, 0.3) is 0 Å². The summed E-state index contributed by atoms with van der Waals surface area (Å²) < 4.78 is 49.4. The molecule has 7 heteroatoms. The maximum atomic E-state index is 12.2. The van der Waals surface area contributed by atoms with Gasteiger partial charge >= 0.3 is 0 Å².